The topological polar surface area (TPSA) is 34.1 Å². The van der Waals surface area contributed by atoms with Gasteiger partial charge in [-0.2, -0.15) is 0 Å². The van der Waals surface area contributed by atoms with Crippen molar-refractivity contribution in [2.75, 3.05) is 0 Å². The molecule has 0 aromatic carbocycles. The van der Waals surface area contributed by atoms with Crippen molar-refractivity contribution in [2.45, 2.75) is 32.6 Å². The third-order valence-electron chi connectivity index (χ3n) is 3.01. The van der Waals surface area contributed by atoms with E-state index in [0.29, 0.717) is 6.42 Å². The average Bonchev–Trinajstić information content (AvgIpc) is 2.76. The molecule has 2 aliphatic rings. The van der Waals surface area contributed by atoms with Crippen molar-refractivity contribution in [1.82, 2.24) is 0 Å². The van der Waals surface area contributed by atoms with Gasteiger partial charge in [0.25, 0.3) is 0 Å². The molecule has 2 nitrogen and oxygen atoms in total. The van der Waals surface area contributed by atoms with Gasteiger partial charge in [-0.3, -0.25) is 9.59 Å². The molecule has 0 bridgehead atoms. The van der Waals surface area contributed by atoms with Gasteiger partial charge >= 0.3 is 0 Å². The van der Waals surface area contributed by atoms with Gasteiger partial charge in [-0.25, -0.2) is 0 Å². The molecule has 2 heteroatoms. The van der Waals surface area contributed by atoms with Crippen molar-refractivity contribution < 1.29 is 9.59 Å². The molecule has 0 aromatic heterocycles. The molecule has 1 unspecified atom stereocenters. The van der Waals surface area contributed by atoms with Gasteiger partial charge in [0.1, 0.15) is 11.6 Å². The molecule has 1 atom stereocenters. The summed E-state index contributed by atoms with van der Waals surface area (Å²) in [5.74, 6) is 0.560. The molecular weight excluding hydrogens is 140 g/mol. The van der Waals surface area contributed by atoms with E-state index in [9.17, 15) is 9.59 Å². The predicted octanol–water partition coefficient (Wildman–Crippen LogP) is 1.33. The molecule has 0 N–H and O–H groups in total. The smallest absolute Gasteiger partial charge is 0.149 e. The normalized spacial score (nSPS) is 34.5. The summed E-state index contributed by atoms with van der Waals surface area (Å²) in [6.45, 7) is 1.94. The fourth-order valence-corrected chi connectivity index (χ4v) is 1.98. The van der Waals surface area contributed by atoms with Crippen LogP contribution < -0.4 is 0 Å². The Bertz CT molecular complexity index is 226. The Labute approximate surface area is 66.0 Å². The van der Waals surface area contributed by atoms with Gasteiger partial charge in [0.05, 0.1) is 5.41 Å². The zero-order chi connectivity index (χ0) is 8.06. The van der Waals surface area contributed by atoms with Gasteiger partial charge in [-0.15, -0.1) is 0 Å². The molecule has 0 radical (unpaired) electrons. The molecule has 0 heterocycles. The van der Waals surface area contributed by atoms with Crippen LogP contribution in [-0.4, -0.2) is 11.6 Å². The summed E-state index contributed by atoms with van der Waals surface area (Å²) in [5.41, 5.74) is -0.461. The zero-order valence-electron chi connectivity index (χ0n) is 6.72. The summed E-state index contributed by atoms with van der Waals surface area (Å²) in [4.78, 5) is 22.8. The highest BCUT2D eigenvalue weighted by Crippen LogP contribution is 2.52. The highest BCUT2D eigenvalue weighted by Gasteiger charge is 2.58. The highest BCUT2D eigenvalue weighted by molar-refractivity contribution is 6.12. The lowest BCUT2D eigenvalue weighted by molar-refractivity contribution is -0.140. The second kappa shape index (κ2) is 1.93. The van der Waals surface area contributed by atoms with Crippen LogP contribution >= 0.6 is 0 Å². The first kappa shape index (κ1) is 7.01. The zero-order valence-corrected chi connectivity index (χ0v) is 6.72. The van der Waals surface area contributed by atoms with Crippen molar-refractivity contribution in [3.63, 3.8) is 0 Å². The quantitative estimate of drug-likeness (QED) is 0.491. The lowest BCUT2D eigenvalue weighted by Gasteiger charge is -2.23. The number of hydrogen-bond donors (Lipinski definition) is 0. The second-order valence-electron chi connectivity index (χ2n) is 3.81. The van der Waals surface area contributed by atoms with Crippen molar-refractivity contribution >= 4 is 11.6 Å². The number of carbonyl (C=O) groups is 2. The summed E-state index contributed by atoms with van der Waals surface area (Å²) in [6.07, 6.45) is 3.07. The molecule has 2 rings (SSSR count). The molecule has 0 aromatic rings. The van der Waals surface area contributed by atoms with Crippen LogP contribution in [0.15, 0.2) is 0 Å². The lowest BCUT2D eigenvalue weighted by Crippen LogP contribution is -2.35. The van der Waals surface area contributed by atoms with Crippen LogP contribution in [0.3, 0.4) is 0 Å². The van der Waals surface area contributed by atoms with Crippen LogP contribution in [-0.2, 0) is 9.59 Å². The van der Waals surface area contributed by atoms with E-state index >= 15 is 0 Å². The summed E-state index contributed by atoms with van der Waals surface area (Å²) in [6, 6.07) is 0. The third kappa shape index (κ3) is 0.784. The van der Waals surface area contributed by atoms with E-state index in [1.165, 1.54) is 0 Å². The highest BCUT2D eigenvalue weighted by atomic mass is 16.2. The first-order valence-corrected chi connectivity index (χ1v) is 4.24. The van der Waals surface area contributed by atoms with E-state index in [2.05, 4.69) is 0 Å². The molecule has 0 saturated heterocycles. The molecule has 2 aliphatic carbocycles. The summed E-state index contributed by atoms with van der Waals surface area (Å²) < 4.78 is 0. The van der Waals surface area contributed by atoms with Crippen molar-refractivity contribution in [3.05, 3.63) is 0 Å². The fraction of sp³-hybridized carbons (Fsp3) is 0.778. The van der Waals surface area contributed by atoms with Crippen LogP contribution in [0.5, 0.6) is 0 Å². The standard InChI is InChI=1S/C9H12O2/c1-6-2-3-7(10)9(4-5-9)8(6)11/h6H,2-5H2,1H3. The van der Waals surface area contributed by atoms with Crippen LogP contribution in [0, 0.1) is 11.3 Å². The van der Waals surface area contributed by atoms with Gasteiger partial charge in [-0.05, 0) is 19.3 Å². The van der Waals surface area contributed by atoms with E-state index in [1.54, 1.807) is 0 Å². The second-order valence-corrected chi connectivity index (χ2v) is 3.81. The van der Waals surface area contributed by atoms with Crippen LogP contribution in [0.1, 0.15) is 32.6 Å². The molecule has 0 amide bonds. The maximum absolute atomic E-state index is 11.5. The number of hydrogen-bond acceptors (Lipinski definition) is 2. The maximum atomic E-state index is 11.5. The first-order chi connectivity index (χ1) is 5.17. The first-order valence-electron chi connectivity index (χ1n) is 4.24. The minimum absolute atomic E-state index is 0.134. The summed E-state index contributed by atoms with van der Waals surface area (Å²) in [7, 11) is 0. The monoisotopic (exact) mass is 152 g/mol. The van der Waals surface area contributed by atoms with Gasteiger partial charge in [0, 0.05) is 12.3 Å². The van der Waals surface area contributed by atoms with E-state index in [-0.39, 0.29) is 17.5 Å². The molecule has 60 valence electrons. The van der Waals surface area contributed by atoms with E-state index < -0.39 is 5.41 Å². The Morgan fingerprint density at radius 3 is 2.45 bits per heavy atom. The Balaban J connectivity index is 2.27. The van der Waals surface area contributed by atoms with E-state index in [4.69, 9.17) is 0 Å². The minimum atomic E-state index is -0.461. The van der Waals surface area contributed by atoms with Gasteiger partial charge in [0.15, 0.2) is 0 Å². The summed E-state index contributed by atoms with van der Waals surface area (Å²) >= 11 is 0. The Kier molecular flexibility index (Phi) is 1.23. The van der Waals surface area contributed by atoms with Crippen LogP contribution in [0.4, 0.5) is 0 Å². The van der Waals surface area contributed by atoms with Crippen LogP contribution in [0.25, 0.3) is 0 Å². The van der Waals surface area contributed by atoms with Crippen molar-refractivity contribution in [3.8, 4) is 0 Å². The van der Waals surface area contributed by atoms with E-state index in [1.807, 2.05) is 6.92 Å². The number of carbonyl (C=O) groups excluding carboxylic acids is 2. The van der Waals surface area contributed by atoms with Crippen molar-refractivity contribution in [2.24, 2.45) is 11.3 Å². The molecule has 0 aliphatic heterocycles. The Hall–Kier alpha value is -0.660. The van der Waals surface area contributed by atoms with Gasteiger partial charge < -0.3 is 0 Å². The van der Waals surface area contributed by atoms with Crippen LogP contribution in [0.2, 0.25) is 0 Å². The number of rotatable bonds is 0. The molecule has 2 fully saturated rings. The van der Waals surface area contributed by atoms with Gasteiger partial charge in [-0.1, -0.05) is 6.92 Å². The lowest BCUT2D eigenvalue weighted by atomic mass is 9.78. The SMILES string of the molecule is CC1CCC(=O)C2(CC2)C1=O. The average molecular weight is 152 g/mol. The van der Waals surface area contributed by atoms with E-state index in [0.717, 1.165) is 19.3 Å². The maximum Gasteiger partial charge on any atom is 0.149 e. The largest absolute Gasteiger partial charge is 0.299 e. The van der Waals surface area contributed by atoms with Gasteiger partial charge in [0.2, 0.25) is 0 Å². The number of ketones is 2. The molecule has 2 saturated carbocycles. The fourth-order valence-electron chi connectivity index (χ4n) is 1.98. The Morgan fingerprint density at radius 2 is 2.00 bits per heavy atom. The third-order valence-corrected chi connectivity index (χ3v) is 3.01. The minimum Gasteiger partial charge on any atom is -0.299 e. The molecule has 1 spiro atoms. The van der Waals surface area contributed by atoms with Crippen molar-refractivity contribution in [1.29, 1.82) is 0 Å². The summed E-state index contributed by atoms with van der Waals surface area (Å²) in [5, 5.41) is 0. The predicted molar refractivity (Wildman–Crippen MR) is 40.1 cm³/mol. The number of Topliss-reactive ketones (excluding diaryl/α,β-unsaturated/α-hetero) is 2. The Morgan fingerprint density at radius 1 is 1.36 bits per heavy atom. The molecular formula is C9H12O2. The molecule has 11 heavy (non-hydrogen) atoms.